The van der Waals surface area contributed by atoms with E-state index in [9.17, 15) is 0 Å². The molecule has 0 aromatic rings. The van der Waals surface area contributed by atoms with Crippen LogP contribution >= 0.6 is 0 Å². The molecule has 0 amide bonds. The minimum atomic E-state index is 0.533. The Kier molecular flexibility index (Phi) is 7.87. The number of nitrogens with one attached hydrogen (secondary N) is 1. The molecule has 0 saturated carbocycles. The Bertz CT molecular complexity index is 149. The van der Waals surface area contributed by atoms with Gasteiger partial charge in [-0.15, -0.1) is 0 Å². The van der Waals surface area contributed by atoms with E-state index in [0.717, 1.165) is 19.2 Å². The van der Waals surface area contributed by atoms with Crippen molar-refractivity contribution in [2.24, 2.45) is 0 Å². The summed E-state index contributed by atoms with van der Waals surface area (Å²) < 4.78 is 5.74. The minimum Gasteiger partial charge on any atom is -0.378 e. The molecule has 1 saturated heterocycles. The van der Waals surface area contributed by atoms with Crippen LogP contribution in [0, 0.1) is 0 Å². The molecule has 1 fully saturated rings. The fraction of sp³-hybridized carbons (Fsp3) is 1.00. The molecule has 0 aliphatic carbocycles. The zero-order valence-electron chi connectivity index (χ0n) is 11.1. The van der Waals surface area contributed by atoms with Crippen molar-refractivity contribution in [2.45, 2.75) is 77.4 Å². The van der Waals surface area contributed by atoms with Crippen LogP contribution in [0.2, 0.25) is 0 Å². The predicted octanol–water partition coefficient (Wildman–Crippen LogP) is 3.50. The van der Waals surface area contributed by atoms with Crippen molar-refractivity contribution in [3.8, 4) is 0 Å². The normalized spacial score (nSPS) is 21.6. The molecule has 1 atom stereocenters. The van der Waals surface area contributed by atoms with E-state index in [-0.39, 0.29) is 0 Å². The lowest BCUT2D eigenvalue weighted by molar-refractivity contribution is 0.0111. The summed E-state index contributed by atoms with van der Waals surface area (Å²) in [5, 5.41) is 3.69. The van der Waals surface area contributed by atoms with Crippen molar-refractivity contribution in [1.29, 1.82) is 0 Å². The van der Waals surface area contributed by atoms with Gasteiger partial charge in [0.15, 0.2) is 0 Å². The van der Waals surface area contributed by atoms with Crippen molar-refractivity contribution >= 4 is 0 Å². The highest BCUT2D eigenvalue weighted by atomic mass is 16.5. The maximum atomic E-state index is 5.74. The van der Waals surface area contributed by atoms with Gasteiger partial charge >= 0.3 is 0 Å². The maximum Gasteiger partial charge on any atom is 0.0587 e. The van der Waals surface area contributed by atoms with Crippen LogP contribution in [0.3, 0.4) is 0 Å². The van der Waals surface area contributed by atoms with Gasteiger partial charge in [-0.25, -0.2) is 0 Å². The lowest BCUT2D eigenvalue weighted by Crippen LogP contribution is -2.32. The Balaban J connectivity index is 2.06. The molecule has 0 aromatic carbocycles. The van der Waals surface area contributed by atoms with E-state index >= 15 is 0 Å². The van der Waals surface area contributed by atoms with Crippen LogP contribution in [0.4, 0.5) is 0 Å². The fourth-order valence-electron chi connectivity index (χ4n) is 2.53. The molecule has 0 radical (unpaired) electrons. The summed E-state index contributed by atoms with van der Waals surface area (Å²) in [5.41, 5.74) is 0. The van der Waals surface area contributed by atoms with E-state index in [1.165, 1.54) is 51.4 Å². The van der Waals surface area contributed by atoms with Crippen molar-refractivity contribution in [3.05, 3.63) is 0 Å². The van der Waals surface area contributed by atoms with Gasteiger partial charge in [0.2, 0.25) is 0 Å². The van der Waals surface area contributed by atoms with Gasteiger partial charge in [-0.3, -0.25) is 0 Å². The van der Waals surface area contributed by atoms with Crippen LogP contribution in [0.1, 0.15) is 65.2 Å². The summed E-state index contributed by atoms with van der Waals surface area (Å²) in [5.74, 6) is 0. The molecule has 0 spiro atoms. The molecule has 1 aliphatic rings. The molecular formula is C14H29NO. The van der Waals surface area contributed by atoms with Gasteiger partial charge in [0, 0.05) is 12.6 Å². The van der Waals surface area contributed by atoms with E-state index < -0.39 is 0 Å². The second-order valence-electron chi connectivity index (χ2n) is 5.01. The lowest BCUT2D eigenvalue weighted by Gasteiger charge is -2.24. The SMILES string of the molecule is CCCC(CCC)NCCC1CCCCO1. The number of hydrogen-bond acceptors (Lipinski definition) is 2. The van der Waals surface area contributed by atoms with Crippen LogP contribution in [0.25, 0.3) is 0 Å². The fourth-order valence-corrected chi connectivity index (χ4v) is 2.53. The van der Waals surface area contributed by atoms with Crippen molar-refractivity contribution in [2.75, 3.05) is 13.2 Å². The first-order valence-electron chi connectivity index (χ1n) is 7.21. The molecule has 1 N–H and O–H groups in total. The monoisotopic (exact) mass is 227 g/mol. The number of ether oxygens (including phenoxy) is 1. The molecule has 0 aromatic heterocycles. The summed E-state index contributed by atoms with van der Waals surface area (Å²) in [6.07, 6.45) is 10.8. The Hall–Kier alpha value is -0.0800. The third-order valence-electron chi connectivity index (χ3n) is 3.45. The summed E-state index contributed by atoms with van der Waals surface area (Å²) in [4.78, 5) is 0. The highest BCUT2D eigenvalue weighted by Gasteiger charge is 2.14. The zero-order valence-corrected chi connectivity index (χ0v) is 11.1. The van der Waals surface area contributed by atoms with Crippen LogP contribution in [-0.4, -0.2) is 25.3 Å². The first-order chi connectivity index (χ1) is 7.86. The number of rotatable bonds is 8. The average molecular weight is 227 g/mol. The van der Waals surface area contributed by atoms with E-state index in [0.29, 0.717) is 6.10 Å². The third-order valence-corrected chi connectivity index (χ3v) is 3.45. The molecule has 1 heterocycles. The standard InChI is InChI=1S/C14H29NO/c1-3-7-13(8-4-2)15-11-10-14-9-5-6-12-16-14/h13-15H,3-12H2,1-2H3. The molecule has 16 heavy (non-hydrogen) atoms. The lowest BCUT2D eigenvalue weighted by atomic mass is 10.0. The van der Waals surface area contributed by atoms with Crippen LogP contribution < -0.4 is 5.32 Å². The zero-order chi connectivity index (χ0) is 11.6. The molecule has 0 bridgehead atoms. The summed E-state index contributed by atoms with van der Waals surface area (Å²) >= 11 is 0. The van der Waals surface area contributed by atoms with E-state index in [1.54, 1.807) is 0 Å². The first kappa shape index (κ1) is 14.0. The quantitative estimate of drug-likeness (QED) is 0.685. The van der Waals surface area contributed by atoms with Gasteiger partial charge in [0.25, 0.3) is 0 Å². The molecule has 96 valence electrons. The van der Waals surface area contributed by atoms with E-state index in [1.807, 2.05) is 0 Å². The third kappa shape index (κ3) is 5.86. The Morgan fingerprint density at radius 2 is 1.94 bits per heavy atom. The minimum absolute atomic E-state index is 0.533. The second kappa shape index (κ2) is 9.00. The average Bonchev–Trinajstić information content (AvgIpc) is 2.31. The van der Waals surface area contributed by atoms with Crippen LogP contribution in [0.15, 0.2) is 0 Å². The largest absolute Gasteiger partial charge is 0.378 e. The topological polar surface area (TPSA) is 21.3 Å². The van der Waals surface area contributed by atoms with Crippen molar-refractivity contribution < 1.29 is 4.74 Å². The second-order valence-corrected chi connectivity index (χ2v) is 5.01. The van der Waals surface area contributed by atoms with Gasteiger partial charge in [-0.2, -0.15) is 0 Å². The molecule has 1 rings (SSSR count). The summed E-state index contributed by atoms with van der Waals surface area (Å²) in [7, 11) is 0. The van der Waals surface area contributed by atoms with Gasteiger partial charge in [0.1, 0.15) is 0 Å². The molecule has 1 unspecified atom stereocenters. The Morgan fingerprint density at radius 1 is 1.19 bits per heavy atom. The summed E-state index contributed by atoms with van der Waals surface area (Å²) in [6, 6.07) is 0.735. The van der Waals surface area contributed by atoms with Gasteiger partial charge in [-0.05, 0) is 45.1 Å². The van der Waals surface area contributed by atoms with Gasteiger partial charge in [-0.1, -0.05) is 26.7 Å². The molecule has 2 nitrogen and oxygen atoms in total. The van der Waals surface area contributed by atoms with Gasteiger partial charge in [0.05, 0.1) is 6.10 Å². The summed E-state index contributed by atoms with van der Waals surface area (Å²) in [6.45, 7) is 6.66. The van der Waals surface area contributed by atoms with Crippen LogP contribution in [-0.2, 0) is 4.74 Å². The van der Waals surface area contributed by atoms with Crippen LogP contribution in [0.5, 0.6) is 0 Å². The van der Waals surface area contributed by atoms with Crippen molar-refractivity contribution in [1.82, 2.24) is 5.32 Å². The number of hydrogen-bond donors (Lipinski definition) is 1. The molecule has 1 aliphatic heterocycles. The van der Waals surface area contributed by atoms with Crippen molar-refractivity contribution in [3.63, 3.8) is 0 Å². The smallest absolute Gasteiger partial charge is 0.0587 e. The molecular weight excluding hydrogens is 198 g/mol. The van der Waals surface area contributed by atoms with Gasteiger partial charge < -0.3 is 10.1 Å². The van der Waals surface area contributed by atoms with E-state index in [4.69, 9.17) is 4.74 Å². The highest BCUT2D eigenvalue weighted by Crippen LogP contribution is 2.15. The predicted molar refractivity (Wildman–Crippen MR) is 69.8 cm³/mol. The molecule has 2 heteroatoms. The Labute approximate surface area is 101 Å². The highest BCUT2D eigenvalue weighted by molar-refractivity contribution is 4.69. The maximum absolute atomic E-state index is 5.74. The Morgan fingerprint density at radius 3 is 2.50 bits per heavy atom. The van der Waals surface area contributed by atoms with E-state index in [2.05, 4.69) is 19.2 Å². The first-order valence-corrected chi connectivity index (χ1v) is 7.21.